The molecule has 2 rings (SSSR count). The van der Waals surface area contributed by atoms with Crippen LogP contribution in [0, 0.1) is 18.6 Å². The Morgan fingerprint density at radius 3 is 2.57 bits per heavy atom. The van der Waals surface area contributed by atoms with Crippen LogP contribution in [-0.4, -0.2) is 12.4 Å². The van der Waals surface area contributed by atoms with Crippen LogP contribution in [0.15, 0.2) is 30.3 Å². The van der Waals surface area contributed by atoms with Crippen LogP contribution < -0.4 is 10.5 Å². The largest absolute Gasteiger partial charge is 0.491 e. The molecule has 2 N–H and O–H groups in total. The van der Waals surface area contributed by atoms with Gasteiger partial charge in [0.2, 0.25) is 0 Å². The summed E-state index contributed by atoms with van der Waals surface area (Å²) in [7, 11) is 0. The quantitative estimate of drug-likeness (QED) is 0.693. The number of rotatable bonds is 4. The van der Waals surface area contributed by atoms with Crippen LogP contribution in [0.25, 0.3) is 0 Å². The normalized spacial score (nSPS) is 10.5. The lowest BCUT2D eigenvalue weighted by atomic mass is 9.99. The topological polar surface area (TPSA) is 52.3 Å². The molecule has 0 radical (unpaired) electrons. The fraction of sp³-hybridized carbons (Fsp3) is 0.188. The second-order valence-electron chi connectivity index (χ2n) is 4.57. The van der Waals surface area contributed by atoms with Gasteiger partial charge in [-0.2, -0.15) is 0 Å². The first-order valence-corrected chi connectivity index (χ1v) is 6.47. The molecule has 0 aliphatic carbocycles. The Bertz CT molecular complexity index is 699. The summed E-state index contributed by atoms with van der Waals surface area (Å²) < 4.78 is 32.5. The fourth-order valence-electron chi connectivity index (χ4n) is 2.02. The zero-order chi connectivity index (χ0) is 15.6. The number of nitrogen functional groups attached to an aromatic ring is 1. The van der Waals surface area contributed by atoms with Gasteiger partial charge in [0.1, 0.15) is 11.6 Å². The van der Waals surface area contributed by atoms with Crippen molar-refractivity contribution in [3.8, 4) is 5.75 Å². The van der Waals surface area contributed by atoms with Crippen molar-refractivity contribution in [2.24, 2.45) is 0 Å². The molecule has 2 aromatic carbocycles. The zero-order valence-corrected chi connectivity index (χ0v) is 11.7. The number of hydrogen-bond donors (Lipinski definition) is 1. The van der Waals surface area contributed by atoms with Crippen molar-refractivity contribution in [1.29, 1.82) is 0 Å². The number of halogens is 2. The van der Waals surface area contributed by atoms with Gasteiger partial charge in [-0.05, 0) is 37.6 Å². The molecule has 0 aliphatic heterocycles. The molecule has 0 bridgehead atoms. The number of hydrogen-bond acceptors (Lipinski definition) is 3. The third-order valence-electron chi connectivity index (χ3n) is 3.07. The van der Waals surface area contributed by atoms with Crippen LogP contribution in [0.3, 0.4) is 0 Å². The number of ketones is 1. The number of ether oxygens (including phenoxy) is 1. The summed E-state index contributed by atoms with van der Waals surface area (Å²) in [4.78, 5) is 12.5. The number of anilines is 1. The molecular formula is C16H15F2NO2. The molecule has 2 aromatic rings. The molecule has 0 amide bonds. The number of benzene rings is 2. The molecule has 110 valence electrons. The molecule has 0 aliphatic rings. The maximum Gasteiger partial charge on any atom is 0.199 e. The molecule has 0 heterocycles. The van der Waals surface area contributed by atoms with Crippen molar-refractivity contribution in [2.45, 2.75) is 13.8 Å². The smallest absolute Gasteiger partial charge is 0.199 e. The van der Waals surface area contributed by atoms with E-state index in [0.717, 1.165) is 0 Å². The summed E-state index contributed by atoms with van der Waals surface area (Å²) in [6.07, 6.45) is 0. The first kappa shape index (κ1) is 15.0. The van der Waals surface area contributed by atoms with E-state index in [1.165, 1.54) is 19.1 Å². The van der Waals surface area contributed by atoms with Crippen LogP contribution in [0.1, 0.15) is 28.4 Å². The average Bonchev–Trinajstić information content (AvgIpc) is 2.44. The van der Waals surface area contributed by atoms with E-state index in [-0.39, 0.29) is 22.4 Å². The Labute approximate surface area is 121 Å². The van der Waals surface area contributed by atoms with Gasteiger partial charge >= 0.3 is 0 Å². The van der Waals surface area contributed by atoms with Crippen molar-refractivity contribution in [3.63, 3.8) is 0 Å². The minimum absolute atomic E-state index is 0.154. The van der Waals surface area contributed by atoms with Crippen molar-refractivity contribution in [3.05, 3.63) is 58.7 Å². The van der Waals surface area contributed by atoms with Gasteiger partial charge in [0.25, 0.3) is 0 Å². The van der Waals surface area contributed by atoms with Crippen LogP contribution >= 0.6 is 0 Å². The average molecular weight is 291 g/mol. The highest BCUT2D eigenvalue weighted by Gasteiger charge is 2.21. The molecule has 0 saturated carbocycles. The van der Waals surface area contributed by atoms with E-state index in [1.807, 2.05) is 0 Å². The second kappa shape index (κ2) is 5.91. The Kier molecular flexibility index (Phi) is 4.21. The first-order valence-electron chi connectivity index (χ1n) is 6.47. The highest BCUT2D eigenvalue weighted by molar-refractivity contribution is 6.11. The Hall–Kier alpha value is -2.43. The molecule has 0 spiro atoms. The van der Waals surface area contributed by atoms with Gasteiger partial charge < -0.3 is 10.5 Å². The van der Waals surface area contributed by atoms with Crippen molar-refractivity contribution < 1.29 is 18.3 Å². The van der Waals surface area contributed by atoms with Gasteiger partial charge in [0.05, 0.1) is 23.4 Å². The lowest BCUT2D eigenvalue weighted by Crippen LogP contribution is -2.10. The summed E-state index contributed by atoms with van der Waals surface area (Å²) >= 11 is 0. The van der Waals surface area contributed by atoms with E-state index in [9.17, 15) is 13.6 Å². The van der Waals surface area contributed by atoms with Gasteiger partial charge in [0, 0.05) is 6.07 Å². The second-order valence-corrected chi connectivity index (χ2v) is 4.57. The minimum atomic E-state index is -0.909. The van der Waals surface area contributed by atoms with Gasteiger partial charge in [-0.15, -0.1) is 0 Å². The molecule has 5 heteroatoms. The molecule has 0 fully saturated rings. The van der Waals surface area contributed by atoms with E-state index in [1.54, 1.807) is 19.1 Å². The fourth-order valence-corrected chi connectivity index (χ4v) is 2.02. The van der Waals surface area contributed by atoms with E-state index in [2.05, 4.69) is 0 Å². The van der Waals surface area contributed by atoms with E-state index >= 15 is 0 Å². The molecular weight excluding hydrogens is 276 g/mol. The number of nitrogens with two attached hydrogens (primary N) is 1. The third kappa shape index (κ3) is 2.86. The van der Waals surface area contributed by atoms with E-state index < -0.39 is 17.4 Å². The van der Waals surface area contributed by atoms with Crippen molar-refractivity contribution in [1.82, 2.24) is 0 Å². The van der Waals surface area contributed by atoms with Gasteiger partial charge in [0.15, 0.2) is 11.5 Å². The Morgan fingerprint density at radius 1 is 1.19 bits per heavy atom. The van der Waals surface area contributed by atoms with Crippen LogP contribution in [0.5, 0.6) is 5.75 Å². The predicted octanol–water partition coefficient (Wildman–Crippen LogP) is 3.49. The standard InChI is InChI=1S/C16H15F2NO2/c1-3-21-16-10(5-4-6-14(16)19)15(20)11-7-9(2)12(17)8-13(11)18/h4-8H,3,19H2,1-2H3. The summed E-state index contributed by atoms with van der Waals surface area (Å²) in [5.74, 6) is -1.98. The van der Waals surface area contributed by atoms with Crippen LogP contribution in [0.4, 0.5) is 14.5 Å². The molecule has 3 nitrogen and oxygen atoms in total. The van der Waals surface area contributed by atoms with E-state index in [4.69, 9.17) is 10.5 Å². The maximum absolute atomic E-state index is 13.9. The number of carbonyl (C=O) groups excluding carboxylic acids is 1. The minimum Gasteiger partial charge on any atom is -0.491 e. The van der Waals surface area contributed by atoms with E-state index in [0.29, 0.717) is 18.4 Å². The van der Waals surface area contributed by atoms with Gasteiger partial charge in [-0.1, -0.05) is 6.07 Å². The third-order valence-corrected chi connectivity index (χ3v) is 3.07. The summed E-state index contributed by atoms with van der Waals surface area (Å²) in [6, 6.07) is 6.57. The lowest BCUT2D eigenvalue weighted by Gasteiger charge is -2.12. The Morgan fingerprint density at radius 2 is 1.90 bits per heavy atom. The van der Waals surface area contributed by atoms with Crippen molar-refractivity contribution >= 4 is 11.5 Å². The maximum atomic E-state index is 13.9. The molecule has 0 unspecified atom stereocenters. The number of aryl methyl sites for hydroxylation is 1. The van der Waals surface area contributed by atoms with Crippen LogP contribution in [-0.2, 0) is 0 Å². The van der Waals surface area contributed by atoms with Crippen molar-refractivity contribution in [2.75, 3.05) is 12.3 Å². The highest BCUT2D eigenvalue weighted by atomic mass is 19.1. The molecule has 21 heavy (non-hydrogen) atoms. The highest BCUT2D eigenvalue weighted by Crippen LogP contribution is 2.29. The monoisotopic (exact) mass is 291 g/mol. The number of para-hydroxylation sites is 1. The molecule has 0 atom stereocenters. The summed E-state index contributed by atoms with van der Waals surface area (Å²) in [5, 5.41) is 0. The summed E-state index contributed by atoms with van der Waals surface area (Å²) in [5.41, 5.74) is 6.22. The predicted molar refractivity (Wildman–Crippen MR) is 76.6 cm³/mol. The van der Waals surface area contributed by atoms with Gasteiger partial charge in [-0.25, -0.2) is 8.78 Å². The molecule has 0 saturated heterocycles. The summed E-state index contributed by atoms with van der Waals surface area (Å²) in [6.45, 7) is 3.54. The van der Waals surface area contributed by atoms with Gasteiger partial charge in [-0.3, -0.25) is 4.79 Å². The molecule has 0 aromatic heterocycles. The number of carbonyl (C=O) groups is 1. The lowest BCUT2D eigenvalue weighted by molar-refractivity contribution is 0.103. The zero-order valence-electron chi connectivity index (χ0n) is 11.7. The SMILES string of the molecule is CCOc1c(N)cccc1C(=O)c1cc(C)c(F)cc1F. The Balaban J connectivity index is 2.55. The van der Waals surface area contributed by atoms with Crippen LogP contribution in [0.2, 0.25) is 0 Å². The first-order chi connectivity index (χ1) is 9.95.